The van der Waals surface area contributed by atoms with E-state index in [2.05, 4.69) is 12.2 Å². The predicted octanol–water partition coefficient (Wildman–Crippen LogP) is 3.76. The minimum absolute atomic E-state index is 0.191. The third kappa shape index (κ3) is 11.1. The largest absolute Gasteiger partial charge is 0.464 e. The molecule has 1 N–H and O–H groups in total. The van der Waals surface area contributed by atoms with Crippen LogP contribution in [0.5, 0.6) is 0 Å². The molecule has 1 amide bonds. The number of ether oxygens (including phenoxy) is 1. The summed E-state index contributed by atoms with van der Waals surface area (Å²) < 4.78 is 4.71. The van der Waals surface area contributed by atoms with Crippen LogP contribution in [-0.4, -0.2) is 24.0 Å². The van der Waals surface area contributed by atoms with Gasteiger partial charge in [0.1, 0.15) is 0 Å². The fourth-order valence-electron chi connectivity index (χ4n) is 1.91. The Balaban J connectivity index is 3.47. The molecule has 0 spiro atoms. The minimum Gasteiger partial charge on any atom is -0.464 e. The van der Waals surface area contributed by atoms with Gasteiger partial charge in [-0.1, -0.05) is 63.5 Å². The van der Waals surface area contributed by atoms with Gasteiger partial charge < -0.3 is 10.1 Å². The number of nitrogens with one attached hydrogen (secondary N) is 1. The predicted molar refractivity (Wildman–Crippen MR) is 81.6 cm³/mol. The van der Waals surface area contributed by atoms with Crippen LogP contribution >= 0.6 is 11.6 Å². The lowest BCUT2D eigenvalue weighted by molar-refractivity contribution is -0.144. The first kappa shape index (κ1) is 19.2. The Morgan fingerprint density at radius 2 is 1.55 bits per heavy atom. The summed E-state index contributed by atoms with van der Waals surface area (Å²) in [5.41, 5.74) is -1.07. The molecular weight excluding hydrogens is 278 g/mol. The van der Waals surface area contributed by atoms with Gasteiger partial charge in [-0.2, -0.15) is 0 Å². The second-order valence-corrected chi connectivity index (χ2v) is 5.34. The molecule has 1 atom stereocenters. The maximum absolute atomic E-state index is 11.5. The molecule has 0 radical (unpaired) electrons. The Hall–Kier alpha value is -0.770. The molecule has 0 aromatic heterocycles. The molecule has 0 bridgehead atoms. The van der Waals surface area contributed by atoms with Crippen molar-refractivity contribution < 1.29 is 14.3 Å². The summed E-state index contributed by atoms with van der Waals surface area (Å²) in [6.45, 7) is 4.17. The molecule has 0 rings (SSSR count). The minimum atomic E-state index is -1.07. The van der Waals surface area contributed by atoms with Gasteiger partial charge in [-0.3, -0.25) is 4.79 Å². The summed E-state index contributed by atoms with van der Waals surface area (Å²) in [6, 6.07) is 0. The lowest BCUT2D eigenvalue weighted by Crippen LogP contribution is -2.37. The summed E-state index contributed by atoms with van der Waals surface area (Å²) in [5.74, 6) is -0.789. The second-order valence-electron chi connectivity index (χ2n) is 4.91. The van der Waals surface area contributed by atoms with Gasteiger partial charge >= 0.3 is 5.97 Å². The van der Waals surface area contributed by atoms with E-state index in [1.807, 2.05) is 0 Å². The summed E-state index contributed by atoms with van der Waals surface area (Å²) in [7, 11) is 0. The van der Waals surface area contributed by atoms with Gasteiger partial charge in [0.2, 0.25) is 11.4 Å². The summed E-state index contributed by atoms with van der Waals surface area (Å²) in [6.07, 6.45) is 9.88. The van der Waals surface area contributed by atoms with E-state index >= 15 is 0 Å². The van der Waals surface area contributed by atoms with Crippen LogP contribution in [-0.2, 0) is 14.3 Å². The molecule has 0 aliphatic rings. The van der Waals surface area contributed by atoms with Crippen LogP contribution < -0.4 is 5.32 Å². The zero-order valence-electron chi connectivity index (χ0n) is 12.8. The normalized spacial score (nSPS) is 11.9. The Labute approximate surface area is 127 Å². The van der Waals surface area contributed by atoms with Gasteiger partial charge in [0, 0.05) is 6.42 Å². The number of carbonyl (C=O) groups is 2. The van der Waals surface area contributed by atoms with Crippen molar-refractivity contribution in [3.63, 3.8) is 0 Å². The molecule has 20 heavy (non-hydrogen) atoms. The highest BCUT2D eigenvalue weighted by molar-refractivity contribution is 6.30. The Morgan fingerprint density at radius 1 is 1.00 bits per heavy atom. The molecule has 0 heterocycles. The molecule has 0 aliphatic carbocycles. The fraction of sp³-hybridized carbons (Fsp3) is 0.867. The van der Waals surface area contributed by atoms with E-state index in [1.54, 1.807) is 6.92 Å². The van der Waals surface area contributed by atoms with Crippen LogP contribution in [0.3, 0.4) is 0 Å². The second kappa shape index (κ2) is 13.2. The number of halogens is 1. The van der Waals surface area contributed by atoms with Crippen molar-refractivity contribution in [2.75, 3.05) is 6.61 Å². The number of hydrogen-bond donors (Lipinski definition) is 1. The zero-order chi connectivity index (χ0) is 15.2. The number of rotatable bonds is 12. The number of carbonyl (C=O) groups excluding carboxylic acids is 2. The van der Waals surface area contributed by atoms with Crippen molar-refractivity contribution in [2.24, 2.45) is 0 Å². The molecule has 0 fully saturated rings. The molecule has 0 aliphatic heterocycles. The highest BCUT2D eigenvalue weighted by atomic mass is 35.5. The van der Waals surface area contributed by atoms with E-state index in [0.29, 0.717) is 6.42 Å². The van der Waals surface area contributed by atoms with Crippen LogP contribution in [0.1, 0.15) is 71.6 Å². The smallest absolute Gasteiger partial charge is 0.344 e. The van der Waals surface area contributed by atoms with E-state index in [1.165, 1.54) is 38.5 Å². The molecule has 0 saturated heterocycles. The molecule has 5 heteroatoms. The first-order chi connectivity index (χ1) is 9.61. The molecule has 0 unspecified atom stereocenters. The van der Waals surface area contributed by atoms with Crippen LogP contribution in [0.4, 0.5) is 0 Å². The first-order valence-corrected chi connectivity index (χ1v) is 8.15. The van der Waals surface area contributed by atoms with E-state index in [0.717, 1.165) is 12.8 Å². The Kier molecular flexibility index (Phi) is 12.7. The summed E-state index contributed by atoms with van der Waals surface area (Å²) >= 11 is 5.71. The third-order valence-corrected chi connectivity index (χ3v) is 3.33. The number of unbranched alkanes of at least 4 members (excludes halogenated alkanes) is 7. The fourth-order valence-corrected chi connectivity index (χ4v) is 2.09. The molecule has 0 aromatic rings. The number of hydrogen-bond acceptors (Lipinski definition) is 3. The molecule has 118 valence electrons. The van der Waals surface area contributed by atoms with E-state index in [4.69, 9.17) is 16.3 Å². The van der Waals surface area contributed by atoms with Crippen LogP contribution in [0, 0.1) is 0 Å². The standard InChI is InChI=1S/C15H28ClNO3/c1-3-5-6-7-8-9-10-11-12-13(18)17-14(16)15(19)20-4-2/h14H,3-12H2,1-2H3,(H,17,18)/t14-/m0/s1. The van der Waals surface area contributed by atoms with Crippen molar-refractivity contribution in [3.8, 4) is 0 Å². The van der Waals surface area contributed by atoms with Gasteiger partial charge in [0.15, 0.2) is 0 Å². The Morgan fingerprint density at radius 3 is 2.10 bits per heavy atom. The van der Waals surface area contributed by atoms with E-state index < -0.39 is 11.5 Å². The quantitative estimate of drug-likeness (QED) is 0.258. The maximum Gasteiger partial charge on any atom is 0.344 e. The number of esters is 1. The lowest BCUT2D eigenvalue weighted by atomic mass is 10.1. The average Bonchev–Trinajstić information content (AvgIpc) is 2.42. The molecule has 0 saturated carbocycles. The van der Waals surface area contributed by atoms with Crippen LogP contribution in [0.25, 0.3) is 0 Å². The van der Waals surface area contributed by atoms with Gasteiger partial charge in [0.05, 0.1) is 6.61 Å². The van der Waals surface area contributed by atoms with E-state index in [9.17, 15) is 9.59 Å². The third-order valence-electron chi connectivity index (χ3n) is 3.04. The monoisotopic (exact) mass is 305 g/mol. The number of amides is 1. The summed E-state index contributed by atoms with van der Waals surface area (Å²) in [5, 5.41) is 2.44. The Bertz CT molecular complexity index is 272. The van der Waals surface area contributed by atoms with Gasteiger partial charge in [-0.05, 0) is 13.3 Å². The maximum atomic E-state index is 11.5. The topological polar surface area (TPSA) is 55.4 Å². The van der Waals surface area contributed by atoms with Crippen LogP contribution in [0.15, 0.2) is 0 Å². The lowest BCUT2D eigenvalue weighted by Gasteiger charge is -2.10. The summed E-state index contributed by atoms with van der Waals surface area (Å²) in [4.78, 5) is 22.7. The van der Waals surface area contributed by atoms with Crippen molar-refractivity contribution in [2.45, 2.75) is 77.1 Å². The van der Waals surface area contributed by atoms with E-state index in [-0.39, 0.29) is 12.5 Å². The first-order valence-electron chi connectivity index (χ1n) is 7.71. The van der Waals surface area contributed by atoms with Crippen LogP contribution in [0.2, 0.25) is 0 Å². The molecular formula is C15H28ClNO3. The molecule has 0 aromatic carbocycles. The van der Waals surface area contributed by atoms with Crippen molar-refractivity contribution in [1.82, 2.24) is 5.32 Å². The highest BCUT2D eigenvalue weighted by Crippen LogP contribution is 2.09. The van der Waals surface area contributed by atoms with Crippen molar-refractivity contribution >= 4 is 23.5 Å². The molecule has 4 nitrogen and oxygen atoms in total. The SMILES string of the molecule is CCCCCCCCCCC(=O)N[C@H](Cl)C(=O)OCC. The van der Waals surface area contributed by atoms with Gasteiger partial charge in [-0.25, -0.2) is 4.79 Å². The highest BCUT2D eigenvalue weighted by Gasteiger charge is 2.18. The van der Waals surface area contributed by atoms with Gasteiger partial charge in [0.25, 0.3) is 0 Å². The van der Waals surface area contributed by atoms with Gasteiger partial charge in [-0.15, -0.1) is 0 Å². The average molecular weight is 306 g/mol. The van der Waals surface area contributed by atoms with Crippen molar-refractivity contribution in [3.05, 3.63) is 0 Å². The van der Waals surface area contributed by atoms with Crippen molar-refractivity contribution in [1.29, 1.82) is 0 Å². The number of alkyl halides is 1. The zero-order valence-corrected chi connectivity index (χ0v) is 13.5.